The Bertz CT molecular complexity index is 2890. The second-order valence-corrected chi connectivity index (χ2v) is 13.6. The van der Waals surface area contributed by atoms with Gasteiger partial charge >= 0.3 is 0 Å². The van der Waals surface area contributed by atoms with Gasteiger partial charge in [0.15, 0.2) is 5.82 Å². The SMILES string of the molecule is c1ccc(-c2nc(-c3cccc(-c4c5ccccc5cc5c4ccc4ccccc45)c3)cc(-c3cccc4c3sc3ccccc34)n2)cc1. The summed E-state index contributed by atoms with van der Waals surface area (Å²) in [6.07, 6.45) is 0. The van der Waals surface area contributed by atoms with Crippen LogP contribution in [0.25, 0.3) is 97.5 Å². The molecule has 0 unspecified atom stereocenters. The molecule has 10 aromatic rings. The second kappa shape index (κ2) is 11.2. The molecule has 0 saturated heterocycles. The quantitative estimate of drug-likeness (QED) is 0.141. The average Bonchev–Trinajstić information content (AvgIpc) is 3.56. The molecule has 0 aliphatic rings. The minimum absolute atomic E-state index is 0.721. The van der Waals surface area contributed by atoms with Crippen molar-refractivity contribution >= 4 is 63.8 Å². The first kappa shape index (κ1) is 27.9. The van der Waals surface area contributed by atoms with Gasteiger partial charge in [-0.1, -0.05) is 146 Å². The lowest BCUT2D eigenvalue weighted by Gasteiger charge is -2.15. The van der Waals surface area contributed by atoms with Crippen LogP contribution in [0.15, 0.2) is 170 Å². The number of hydrogen-bond donors (Lipinski definition) is 0. The van der Waals surface area contributed by atoms with Crippen molar-refractivity contribution in [1.82, 2.24) is 9.97 Å². The first-order chi connectivity index (χ1) is 24.3. The third-order valence-electron chi connectivity index (χ3n) is 9.66. The van der Waals surface area contributed by atoms with E-state index >= 15 is 0 Å². The average molecular weight is 641 g/mol. The van der Waals surface area contributed by atoms with Crippen LogP contribution in [-0.2, 0) is 0 Å². The first-order valence-corrected chi connectivity index (χ1v) is 17.4. The Morgan fingerprint density at radius 1 is 0.367 bits per heavy atom. The molecule has 0 aliphatic heterocycles. The molecule has 228 valence electrons. The third kappa shape index (κ3) is 4.62. The molecule has 0 fully saturated rings. The fraction of sp³-hybridized carbons (Fsp3) is 0. The molecule has 2 aromatic heterocycles. The zero-order valence-corrected chi connectivity index (χ0v) is 27.3. The number of fused-ring (bicyclic) bond motifs is 7. The molecule has 49 heavy (non-hydrogen) atoms. The van der Waals surface area contributed by atoms with E-state index < -0.39 is 0 Å². The summed E-state index contributed by atoms with van der Waals surface area (Å²) >= 11 is 1.83. The van der Waals surface area contributed by atoms with E-state index in [9.17, 15) is 0 Å². The van der Waals surface area contributed by atoms with Crippen LogP contribution >= 0.6 is 11.3 Å². The van der Waals surface area contributed by atoms with Crippen LogP contribution in [0, 0.1) is 0 Å². The smallest absolute Gasteiger partial charge is 0.160 e. The van der Waals surface area contributed by atoms with E-state index in [-0.39, 0.29) is 0 Å². The highest BCUT2D eigenvalue weighted by molar-refractivity contribution is 7.26. The number of hydrogen-bond acceptors (Lipinski definition) is 3. The van der Waals surface area contributed by atoms with Crippen molar-refractivity contribution in [2.24, 2.45) is 0 Å². The van der Waals surface area contributed by atoms with E-state index in [0.717, 1.165) is 33.9 Å². The zero-order chi connectivity index (χ0) is 32.3. The molecular formula is C46H28N2S. The van der Waals surface area contributed by atoms with Crippen LogP contribution in [0.3, 0.4) is 0 Å². The standard InChI is InChI=1S/C46H28N2S/c1-2-13-30(14-3-1)46-47-41(28-42(48-46)39-22-11-21-38-36-20-8-9-23-43(36)49-45(38)39)32-16-10-17-33(26-32)44-35-19-7-5-15-31(35)27-40-34-18-6-4-12-29(34)24-25-37(40)44/h1-28H. The Labute approximate surface area is 287 Å². The minimum atomic E-state index is 0.721. The molecule has 0 aliphatic carbocycles. The van der Waals surface area contributed by atoms with E-state index in [2.05, 4.69) is 152 Å². The summed E-state index contributed by atoms with van der Waals surface area (Å²) in [6.45, 7) is 0. The van der Waals surface area contributed by atoms with Crippen molar-refractivity contribution in [3.63, 3.8) is 0 Å². The van der Waals surface area contributed by atoms with Crippen molar-refractivity contribution in [1.29, 1.82) is 0 Å². The van der Waals surface area contributed by atoms with E-state index in [0.29, 0.717) is 0 Å². The molecule has 0 spiro atoms. The van der Waals surface area contributed by atoms with Gasteiger partial charge in [0.25, 0.3) is 0 Å². The second-order valence-electron chi connectivity index (χ2n) is 12.5. The van der Waals surface area contributed by atoms with E-state index in [1.54, 1.807) is 0 Å². The van der Waals surface area contributed by atoms with E-state index in [1.807, 2.05) is 29.5 Å². The fourth-order valence-corrected chi connectivity index (χ4v) is 8.59. The number of nitrogens with zero attached hydrogens (tertiary/aromatic N) is 2. The Hall–Kier alpha value is -6.16. The molecule has 0 bridgehead atoms. The van der Waals surface area contributed by atoms with Crippen LogP contribution in [-0.4, -0.2) is 9.97 Å². The van der Waals surface area contributed by atoms with Crippen molar-refractivity contribution in [3.8, 4) is 45.0 Å². The molecule has 3 heteroatoms. The van der Waals surface area contributed by atoms with Gasteiger partial charge < -0.3 is 0 Å². The molecule has 0 saturated carbocycles. The lowest BCUT2D eigenvalue weighted by Crippen LogP contribution is -1.96. The monoisotopic (exact) mass is 640 g/mol. The predicted octanol–water partition coefficient (Wildman–Crippen LogP) is 13.0. The molecule has 0 atom stereocenters. The fourth-order valence-electron chi connectivity index (χ4n) is 7.36. The van der Waals surface area contributed by atoms with Crippen LogP contribution in [0.5, 0.6) is 0 Å². The highest BCUT2D eigenvalue weighted by atomic mass is 32.1. The molecule has 0 amide bonds. The largest absolute Gasteiger partial charge is 0.228 e. The van der Waals surface area contributed by atoms with Gasteiger partial charge in [-0.15, -0.1) is 11.3 Å². The molecule has 0 radical (unpaired) electrons. The van der Waals surface area contributed by atoms with Gasteiger partial charge in [0, 0.05) is 36.9 Å². The maximum atomic E-state index is 5.21. The van der Waals surface area contributed by atoms with Gasteiger partial charge in [0.2, 0.25) is 0 Å². The number of rotatable bonds is 4. The van der Waals surface area contributed by atoms with Crippen molar-refractivity contribution < 1.29 is 0 Å². The van der Waals surface area contributed by atoms with Crippen molar-refractivity contribution in [2.75, 3.05) is 0 Å². The Morgan fingerprint density at radius 2 is 1.04 bits per heavy atom. The van der Waals surface area contributed by atoms with Crippen LogP contribution in [0.1, 0.15) is 0 Å². The molecule has 8 aromatic carbocycles. The van der Waals surface area contributed by atoms with Gasteiger partial charge in [-0.05, 0) is 67.7 Å². The van der Waals surface area contributed by atoms with Gasteiger partial charge in [-0.3, -0.25) is 0 Å². The molecular weight excluding hydrogens is 613 g/mol. The summed E-state index contributed by atoms with van der Waals surface area (Å²) in [6, 6.07) is 60.9. The summed E-state index contributed by atoms with van der Waals surface area (Å²) in [5.74, 6) is 0.721. The highest BCUT2D eigenvalue weighted by Gasteiger charge is 2.17. The van der Waals surface area contributed by atoms with Gasteiger partial charge in [0.05, 0.1) is 11.4 Å². The molecule has 2 heterocycles. The Kier molecular flexibility index (Phi) is 6.39. The number of thiophene rings is 1. The van der Waals surface area contributed by atoms with Gasteiger partial charge in [-0.2, -0.15) is 0 Å². The lowest BCUT2D eigenvalue weighted by molar-refractivity contribution is 1.19. The van der Waals surface area contributed by atoms with Crippen LogP contribution in [0.4, 0.5) is 0 Å². The summed E-state index contributed by atoms with van der Waals surface area (Å²) in [7, 11) is 0. The maximum absolute atomic E-state index is 5.21. The van der Waals surface area contributed by atoms with Crippen LogP contribution < -0.4 is 0 Å². The Morgan fingerprint density at radius 3 is 1.94 bits per heavy atom. The molecule has 0 N–H and O–H groups in total. The maximum Gasteiger partial charge on any atom is 0.160 e. The van der Waals surface area contributed by atoms with Gasteiger partial charge in [-0.25, -0.2) is 9.97 Å². The lowest BCUT2D eigenvalue weighted by atomic mass is 9.89. The highest BCUT2D eigenvalue weighted by Crippen LogP contribution is 2.42. The van der Waals surface area contributed by atoms with Crippen LogP contribution in [0.2, 0.25) is 0 Å². The third-order valence-corrected chi connectivity index (χ3v) is 10.9. The molecule has 2 nitrogen and oxygen atoms in total. The topological polar surface area (TPSA) is 25.8 Å². The summed E-state index contributed by atoms with van der Waals surface area (Å²) in [4.78, 5) is 10.4. The number of aromatic nitrogens is 2. The first-order valence-electron chi connectivity index (χ1n) is 16.6. The van der Waals surface area contributed by atoms with E-state index in [1.165, 1.54) is 63.6 Å². The Balaban J connectivity index is 1.21. The normalized spacial score (nSPS) is 11.7. The number of benzene rings is 8. The van der Waals surface area contributed by atoms with E-state index in [4.69, 9.17) is 9.97 Å². The van der Waals surface area contributed by atoms with Crippen molar-refractivity contribution in [2.45, 2.75) is 0 Å². The minimum Gasteiger partial charge on any atom is -0.228 e. The summed E-state index contributed by atoms with van der Waals surface area (Å²) in [5, 5.41) is 10.1. The summed E-state index contributed by atoms with van der Waals surface area (Å²) in [5.41, 5.74) is 7.42. The zero-order valence-electron chi connectivity index (χ0n) is 26.5. The molecule has 10 rings (SSSR count). The summed E-state index contributed by atoms with van der Waals surface area (Å²) < 4.78 is 2.53. The van der Waals surface area contributed by atoms with Gasteiger partial charge in [0.1, 0.15) is 0 Å². The predicted molar refractivity (Wildman–Crippen MR) is 209 cm³/mol. The van der Waals surface area contributed by atoms with Crippen molar-refractivity contribution in [3.05, 3.63) is 170 Å².